The predicted molar refractivity (Wildman–Crippen MR) is 114 cm³/mol. The number of rotatable bonds is 4. The summed E-state index contributed by atoms with van der Waals surface area (Å²) in [6.07, 6.45) is 5.28. The number of ether oxygens (including phenoxy) is 1. The summed E-state index contributed by atoms with van der Waals surface area (Å²) in [6, 6.07) is 7.90. The van der Waals surface area contributed by atoms with Crippen LogP contribution in [0.15, 0.2) is 34.8 Å². The lowest BCUT2D eigenvalue weighted by Crippen LogP contribution is -2.47. The predicted octanol–water partition coefficient (Wildman–Crippen LogP) is 4.52. The summed E-state index contributed by atoms with van der Waals surface area (Å²) < 4.78 is 11.2. The molecular weight excluding hydrogens is 368 g/mol. The molecule has 0 spiro atoms. The van der Waals surface area contributed by atoms with Gasteiger partial charge in [-0.1, -0.05) is 25.1 Å². The van der Waals surface area contributed by atoms with Crippen molar-refractivity contribution in [1.29, 1.82) is 0 Å². The molecule has 0 bridgehead atoms. The number of likely N-dealkylation sites (tertiary alicyclic amines) is 1. The van der Waals surface area contributed by atoms with Crippen LogP contribution in [0, 0.1) is 0 Å². The van der Waals surface area contributed by atoms with E-state index in [1.807, 2.05) is 62.9 Å². The molecule has 0 radical (unpaired) electrons. The van der Waals surface area contributed by atoms with E-state index in [-0.39, 0.29) is 11.9 Å². The lowest BCUT2D eigenvalue weighted by Gasteiger charge is -2.32. The molecular formula is C23H30N2O4. The number of benzene rings is 1. The second-order valence-corrected chi connectivity index (χ2v) is 8.37. The summed E-state index contributed by atoms with van der Waals surface area (Å²) in [6.45, 7) is 8.78. The van der Waals surface area contributed by atoms with Crippen molar-refractivity contribution in [2.75, 3.05) is 13.1 Å². The Kier molecular flexibility index (Phi) is 6.30. The largest absolute Gasteiger partial charge is 0.460 e. The van der Waals surface area contributed by atoms with E-state index < -0.39 is 11.7 Å². The van der Waals surface area contributed by atoms with Crippen LogP contribution in [0.5, 0.6) is 0 Å². The molecule has 0 unspecified atom stereocenters. The van der Waals surface area contributed by atoms with E-state index in [9.17, 15) is 9.59 Å². The average molecular weight is 399 g/mol. The highest BCUT2D eigenvalue weighted by Crippen LogP contribution is 2.27. The zero-order valence-electron chi connectivity index (χ0n) is 17.7. The molecule has 2 heterocycles. The maximum atomic E-state index is 12.6. The first kappa shape index (κ1) is 21.0. The van der Waals surface area contributed by atoms with Gasteiger partial charge in [0.05, 0.1) is 0 Å². The van der Waals surface area contributed by atoms with Gasteiger partial charge >= 0.3 is 6.09 Å². The van der Waals surface area contributed by atoms with Crippen molar-refractivity contribution in [3.05, 3.63) is 41.7 Å². The van der Waals surface area contributed by atoms with E-state index in [0.29, 0.717) is 25.9 Å². The third-order valence-corrected chi connectivity index (χ3v) is 4.95. The first-order valence-corrected chi connectivity index (χ1v) is 10.2. The van der Waals surface area contributed by atoms with E-state index in [1.165, 1.54) is 0 Å². The molecule has 1 aliphatic heterocycles. The molecule has 0 atom stereocenters. The second-order valence-electron chi connectivity index (χ2n) is 8.37. The number of piperidine rings is 1. The molecule has 6 heteroatoms. The van der Waals surface area contributed by atoms with Crippen LogP contribution in [0.3, 0.4) is 0 Å². The maximum absolute atomic E-state index is 12.6. The number of amides is 2. The molecule has 3 rings (SSSR count). The van der Waals surface area contributed by atoms with Crippen LogP contribution in [0.2, 0.25) is 0 Å². The van der Waals surface area contributed by atoms with Gasteiger partial charge in [-0.25, -0.2) is 4.79 Å². The van der Waals surface area contributed by atoms with Crippen LogP contribution in [-0.2, 0) is 16.0 Å². The molecule has 29 heavy (non-hydrogen) atoms. The summed E-state index contributed by atoms with van der Waals surface area (Å²) >= 11 is 0. The number of furan rings is 1. The summed E-state index contributed by atoms with van der Waals surface area (Å²) in [7, 11) is 0. The molecule has 2 amide bonds. The molecule has 1 aromatic heterocycles. The molecule has 6 nitrogen and oxygen atoms in total. The molecule has 1 N–H and O–H groups in total. The number of hydrogen-bond acceptors (Lipinski definition) is 4. The van der Waals surface area contributed by atoms with Gasteiger partial charge in [-0.3, -0.25) is 4.79 Å². The number of aryl methyl sites for hydroxylation is 1. The number of carbonyl (C=O) groups excluding carboxylic acids is 2. The lowest BCUT2D eigenvalue weighted by molar-refractivity contribution is -0.127. The van der Waals surface area contributed by atoms with E-state index in [4.69, 9.17) is 9.15 Å². The van der Waals surface area contributed by atoms with Crippen LogP contribution in [0.4, 0.5) is 4.79 Å². The smallest absolute Gasteiger partial charge is 0.407 e. The van der Waals surface area contributed by atoms with E-state index in [0.717, 1.165) is 28.7 Å². The number of nitrogens with zero attached hydrogens (tertiary/aromatic N) is 1. The fourth-order valence-electron chi connectivity index (χ4n) is 3.54. The van der Waals surface area contributed by atoms with Crippen molar-refractivity contribution >= 4 is 29.0 Å². The third kappa shape index (κ3) is 5.40. The van der Waals surface area contributed by atoms with Crippen LogP contribution < -0.4 is 5.32 Å². The Balaban J connectivity index is 1.57. The number of nitrogens with one attached hydrogen (secondary N) is 1. The van der Waals surface area contributed by atoms with Gasteiger partial charge in [-0.15, -0.1) is 0 Å². The number of para-hydroxylation sites is 1. The third-order valence-electron chi connectivity index (χ3n) is 4.95. The van der Waals surface area contributed by atoms with Crippen LogP contribution in [-0.4, -0.2) is 41.6 Å². The van der Waals surface area contributed by atoms with Crippen molar-refractivity contribution < 1.29 is 18.7 Å². The minimum absolute atomic E-state index is 0.0203. The lowest BCUT2D eigenvalue weighted by atomic mass is 10.0. The number of alkyl carbamates (subject to hydrolysis) is 1. The van der Waals surface area contributed by atoms with E-state index in [1.54, 1.807) is 6.08 Å². The molecule has 1 aromatic carbocycles. The monoisotopic (exact) mass is 398 g/mol. The summed E-state index contributed by atoms with van der Waals surface area (Å²) in [4.78, 5) is 26.4. The highest BCUT2D eigenvalue weighted by molar-refractivity contribution is 5.96. The average Bonchev–Trinajstić information content (AvgIpc) is 3.03. The Morgan fingerprint density at radius 3 is 2.59 bits per heavy atom. The highest BCUT2D eigenvalue weighted by Gasteiger charge is 2.25. The molecule has 0 saturated carbocycles. The van der Waals surface area contributed by atoms with Crippen molar-refractivity contribution in [3.8, 4) is 0 Å². The van der Waals surface area contributed by atoms with Gasteiger partial charge < -0.3 is 19.4 Å². The van der Waals surface area contributed by atoms with E-state index in [2.05, 4.69) is 5.32 Å². The highest BCUT2D eigenvalue weighted by atomic mass is 16.6. The quantitative estimate of drug-likeness (QED) is 0.769. The normalized spacial score (nSPS) is 15.8. The molecule has 1 fully saturated rings. The minimum Gasteiger partial charge on any atom is -0.460 e. The molecule has 0 aliphatic carbocycles. The van der Waals surface area contributed by atoms with Gasteiger partial charge in [0, 0.05) is 42.6 Å². The molecule has 156 valence electrons. The van der Waals surface area contributed by atoms with Crippen LogP contribution in [0.25, 0.3) is 17.0 Å². The molecule has 1 saturated heterocycles. The summed E-state index contributed by atoms with van der Waals surface area (Å²) in [5, 5.41) is 3.92. The zero-order valence-corrected chi connectivity index (χ0v) is 17.7. The van der Waals surface area contributed by atoms with Crippen molar-refractivity contribution in [2.24, 2.45) is 0 Å². The number of hydrogen-bond donors (Lipinski definition) is 1. The standard InChI is InChI=1S/C23H30N2O4/c1-5-19-18(17-8-6-7-9-20(17)28-19)10-11-21(26)25-14-12-16(13-15-25)24-22(27)29-23(2,3)4/h6-11,16H,5,12-15H2,1-4H3,(H,24,27)/b11-10+. The summed E-state index contributed by atoms with van der Waals surface area (Å²) in [5.74, 6) is 0.864. The zero-order chi connectivity index (χ0) is 21.0. The fraction of sp³-hybridized carbons (Fsp3) is 0.478. The number of fused-ring (bicyclic) bond motifs is 1. The van der Waals surface area contributed by atoms with Crippen LogP contribution in [0.1, 0.15) is 51.9 Å². The topological polar surface area (TPSA) is 71.8 Å². The van der Waals surface area contributed by atoms with Gasteiger partial charge in [0.2, 0.25) is 5.91 Å². The van der Waals surface area contributed by atoms with Crippen molar-refractivity contribution in [2.45, 2.75) is 58.6 Å². The van der Waals surface area contributed by atoms with Gasteiger partial charge in [0.1, 0.15) is 16.9 Å². The molecule has 2 aromatic rings. The number of carbonyl (C=O) groups is 2. The first-order valence-electron chi connectivity index (χ1n) is 10.2. The Hall–Kier alpha value is -2.76. The Bertz CT molecular complexity index is 899. The maximum Gasteiger partial charge on any atom is 0.407 e. The first-order chi connectivity index (χ1) is 13.8. The van der Waals surface area contributed by atoms with Gasteiger partial charge in [-0.05, 0) is 45.8 Å². The van der Waals surface area contributed by atoms with Crippen LogP contribution >= 0.6 is 0 Å². The van der Waals surface area contributed by atoms with Crippen molar-refractivity contribution in [3.63, 3.8) is 0 Å². The SMILES string of the molecule is CCc1oc2ccccc2c1/C=C/C(=O)N1CCC(NC(=O)OC(C)(C)C)CC1. The Morgan fingerprint density at radius 1 is 1.24 bits per heavy atom. The van der Waals surface area contributed by atoms with Gasteiger partial charge in [0.15, 0.2) is 0 Å². The second kappa shape index (κ2) is 8.72. The van der Waals surface area contributed by atoms with E-state index >= 15 is 0 Å². The Labute approximate surface area is 171 Å². The minimum atomic E-state index is -0.514. The van der Waals surface area contributed by atoms with Gasteiger partial charge in [-0.2, -0.15) is 0 Å². The van der Waals surface area contributed by atoms with Crippen molar-refractivity contribution in [1.82, 2.24) is 10.2 Å². The van der Waals surface area contributed by atoms with Gasteiger partial charge in [0.25, 0.3) is 0 Å². The molecule has 1 aliphatic rings. The summed E-state index contributed by atoms with van der Waals surface area (Å²) in [5.41, 5.74) is 1.29. The fourth-order valence-corrected chi connectivity index (χ4v) is 3.54. The Morgan fingerprint density at radius 2 is 1.93 bits per heavy atom.